The summed E-state index contributed by atoms with van der Waals surface area (Å²) in [6.07, 6.45) is 0. The molecule has 0 aliphatic heterocycles. The summed E-state index contributed by atoms with van der Waals surface area (Å²) < 4.78 is 54.5. The van der Waals surface area contributed by atoms with Crippen LogP contribution in [0.15, 0.2) is 35.2 Å². The number of anilines is 1. The highest BCUT2D eigenvalue weighted by atomic mass is 35.5. The van der Waals surface area contributed by atoms with Crippen molar-refractivity contribution >= 4 is 39.0 Å². The Balaban J connectivity index is 2.40. The van der Waals surface area contributed by atoms with Crippen LogP contribution in [-0.2, 0) is 10.1 Å². The van der Waals surface area contributed by atoms with Gasteiger partial charge in [0.2, 0.25) is 0 Å². The summed E-state index contributed by atoms with van der Waals surface area (Å²) in [5.41, 5.74) is 5.51. The molecule has 0 bridgehead atoms. The van der Waals surface area contributed by atoms with Gasteiger partial charge >= 0.3 is 10.1 Å². The zero-order valence-electron chi connectivity index (χ0n) is 10.1. The second-order valence-electron chi connectivity index (χ2n) is 3.91. The Morgan fingerprint density at radius 2 is 1.57 bits per heavy atom. The van der Waals surface area contributed by atoms with E-state index in [-0.39, 0.29) is 20.6 Å². The highest BCUT2D eigenvalue weighted by molar-refractivity contribution is 7.87. The van der Waals surface area contributed by atoms with Crippen molar-refractivity contribution in [2.24, 2.45) is 0 Å². The largest absolute Gasteiger partial charge is 0.396 e. The van der Waals surface area contributed by atoms with E-state index in [2.05, 4.69) is 4.18 Å². The van der Waals surface area contributed by atoms with Crippen molar-refractivity contribution in [2.45, 2.75) is 4.90 Å². The van der Waals surface area contributed by atoms with Crippen LogP contribution < -0.4 is 9.92 Å². The summed E-state index contributed by atoms with van der Waals surface area (Å²) in [6, 6.07) is 4.39. The van der Waals surface area contributed by atoms with Crippen molar-refractivity contribution in [3.63, 3.8) is 0 Å². The van der Waals surface area contributed by atoms with Gasteiger partial charge in [0.15, 0.2) is 11.6 Å². The fourth-order valence-corrected chi connectivity index (χ4v) is 3.00. The third-order valence-corrected chi connectivity index (χ3v) is 4.29. The standard InChI is InChI=1S/C12H7Cl2F2NO3S/c13-8-4-7(5-9(14)12(8)17)21(18,19)20-6-1-2-10(15)11(16)3-6/h1-5H,17H2. The smallest absolute Gasteiger partial charge is 0.339 e. The van der Waals surface area contributed by atoms with Gasteiger partial charge in [-0.2, -0.15) is 8.42 Å². The number of halogens is 4. The molecule has 4 nitrogen and oxygen atoms in total. The van der Waals surface area contributed by atoms with Gasteiger partial charge in [0.25, 0.3) is 0 Å². The van der Waals surface area contributed by atoms with Crippen molar-refractivity contribution in [2.75, 3.05) is 5.73 Å². The molecule has 0 unspecified atom stereocenters. The number of nitrogens with two attached hydrogens (primary N) is 1. The van der Waals surface area contributed by atoms with Crippen LogP contribution in [0.2, 0.25) is 10.0 Å². The quantitative estimate of drug-likeness (QED) is 0.675. The van der Waals surface area contributed by atoms with Crippen molar-refractivity contribution in [3.05, 3.63) is 52.0 Å². The number of hydrogen-bond acceptors (Lipinski definition) is 4. The zero-order valence-corrected chi connectivity index (χ0v) is 12.4. The molecule has 2 aromatic rings. The van der Waals surface area contributed by atoms with Crippen LogP contribution in [0.3, 0.4) is 0 Å². The first kappa shape index (κ1) is 15.8. The lowest BCUT2D eigenvalue weighted by molar-refractivity contribution is 0.472. The maximum absolute atomic E-state index is 13.0. The number of benzene rings is 2. The zero-order chi connectivity index (χ0) is 15.8. The van der Waals surface area contributed by atoms with E-state index in [1.807, 2.05) is 0 Å². The van der Waals surface area contributed by atoms with Crippen LogP contribution in [0.4, 0.5) is 14.5 Å². The Bertz CT molecular complexity index is 789. The summed E-state index contributed by atoms with van der Waals surface area (Å²) in [7, 11) is -4.32. The molecule has 0 aliphatic rings. The predicted molar refractivity (Wildman–Crippen MR) is 75.0 cm³/mol. The third-order valence-electron chi connectivity index (χ3n) is 2.44. The van der Waals surface area contributed by atoms with Gasteiger partial charge in [0.05, 0.1) is 15.7 Å². The Labute approximate surface area is 129 Å². The second kappa shape index (κ2) is 5.67. The molecule has 0 radical (unpaired) electrons. The lowest BCUT2D eigenvalue weighted by Crippen LogP contribution is -2.10. The topological polar surface area (TPSA) is 69.4 Å². The van der Waals surface area contributed by atoms with E-state index in [0.29, 0.717) is 6.07 Å². The third kappa shape index (κ3) is 3.37. The molecule has 112 valence electrons. The van der Waals surface area contributed by atoms with Crippen LogP contribution >= 0.6 is 23.2 Å². The molecule has 0 aromatic heterocycles. The highest BCUT2D eigenvalue weighted by Gasteiger charge is 2.20. The predicted octanol–water partition coefficient (Wildman–Crippen LogP) is 3.62. The first-order valence-electron chi connectivity index (χ1n) is 5.35. The SMILES string of the molecule is Nc1c(Cl)cc(S(=O)(=O)Oc2ccc(F)c(F)c2)cc1Cl. The molecule has 9 heteroatoms. The Morgan fingerprint density at radius 1 is 1.00 bits per heavy atom. The Kier molecular flexibility index (Phi) is 4.27. The fraction of sp³-hybridized carbons (Fsp3) is 0. The molecule has 0 fully saturated rings. The molecule has 0 amide bonds. The van der Waals surface area contributed by atoms with Crippen molar-refractivity contribution in [1.82, 2.24) is 0 Å². The molecule has 0 spiro atoms. The van der Waals surface area contributed by atoms with Gasteiger partial charge in [0, 0.05) is 6.07 Å². The highest BCUT2D eigenvalue weighted by Crippen LogP contribution is 2.31. The van der Waals surface area contributed by atoms with E-state index < -0.39 is 27.5 Å². The first-order valence-corrected chi connectivity index (χ1v) is 7.51. The minimum absolute atomic E-state index is 0.0186. The number of hydrogen-bond donors (Lipinski definition) is 1. The summed E-state index contributed by atoms with van der Waals surface area (Å²) in [5, 5.41) is -0.148. The molecule has 0 saturated heterocycles. The monoisotopic (exact) mass is 353 g/mol. The van der Waals surface area contributed by atoms with E-state index >= 15 is 0 Å². The van der Waals surface area contributed by atoms with Crippen LogP contribution in [0, 0.1) is 11.6 Å². The summed E-state index contributed by atoms with van der Waals surface area (Å²) >= 11 is 11.5. The molecule has 2 N–H and O–H groups in total. The van der Waals surface area contributed by atoms with Crippen molar-refractivity contribution in [1.29, 1.82) is 0 Å². The minimum Gasteiger partial charge on any atom is -0.396 e. The second-order valence-corrected chi connectivity index (χ2v) is 6.27. The van der Waals surface area contributed by atoms with Crippen molar-refractivity contribution in [3.8, 4) is 5.75 Å². The molecular weight excluding hydrogens is 347 g/mol. The van der Waals surface area contributed by atoms with Crippen molar-refractivity contribution < 1.29 is 21.4 Å². The van der Waals surface area contributed by atoms with Crippen LogP contribution in [0.5, 0.6) is 5.75 Å². The van der Waals surface area contributed by atoms with E-state index in [1.165, 1.54) is 0 Å². The summed E-state index contributed by atoms with van der Waals surface area (Å²) in [5.74, 6) is -2.76. The lowest BCUT2D eigenvalue weighted by Gasteiger charge is -2.09. The number of rotatable bonds is 3. The van der Waals surface area contributed by atoms with Gasteiger partial charge in [0.1, 0.15) is 10.6 Å². The van der Waals surface area contributed by atoms with Gasteiger partial charge in [-0.05, 0) is 24.3 Å². The van der Waals surface area contributed by atoms with Gasteiger partial charge in [-0.3, -0.25) is 0 Å². The van der Waals surface area contributed by atoms with Gasteiger partial charge < -0.3 is 9.92 Å². The maximum atomic E-state index is 13.0. The van der Waals surface area contributed by atoms with Gasteiger partial charge in [-0.15, -0.1) is 0 Å². The molecule has 2 aromatic carbocycles. The molecule has 21 heavy (non-hydrogen) atoms. The van der Waals surface area contributed by atoms with Crippen LogP contribution in [0.1, 0.15) is 0 Å². The summed E-state index contributed by atoms with van der Waals surface area (Å²) in [4.78, 5) is -0.364. The Morgan fingerprint density at radius 3 is 2.10 bits per heavy atom. The normalized spacial score (nSPS) is 11.4. The molecular formula is C12H7Cl2F2NO3S. The average molecular weight is 354 g/mol. The average Bonchev–Trinajstić information content (AvgIpc) is 2.39. The molecule has 0 heterocycles. The number of nitrogen functional groups attached to an aromatic ring is 1. The molecule has 0 aliphatic carbocycles. The van der Waals surface area contributed by atoms with E-state index in [0.717, 1.165) is 24.3 Å². The van der Waals surface area contributed by atoms with E-state index in [4.69, 9.17) is 28.9 Å². The van der Waals surface area contributed by atoms with Crippen LogP contribution in [0.25, 0.3) is 0 Å². The molecule has 2 rings (SSSR count). The lowest BCUT2D eigenvalue weighted by atomic mass is 10.3. The summed E-state index contributed by atoms with van der Waals surface area (Å²) in [6.45, 7) is 0. The minimum atomic E-state index is -4.32. The molecule has 0 atom stereocenters. The van der Waals surface area contributed by atoms with Crippen LogP contribution in [-0.4, -0.2) is 8.42 Å². The maximum Gasteiger partial charge on any atom is 0.339 e. The van der Waals surface area contributed by atoms with Gasteiger partial charge in [-0.1, -0.05) is 23.2 Å². The van der Waals surface area contributed by atoms with Gasteiger partial charge in [-0.25, -0.2) is 8.78 Å². The fourth-order valence-electron chi connectivity index (χ4n) is 1.41. The first-order chi connectivity index (χ1) is 9.70. The Hall–Kier alpha value is -1.57. The molecule has 0 saturated carbocycles. The van der Waals surface area contributed by atoms with E-state index in [9.17, 15) is 17.2 Å². The van der Waals surface area contributed by atoms with E-state index in [1.54, 1.807) is 0 Å².